The Hall–Kier alpha value is -1.60. The zero-order valence-corrected chi connectivity index (χ0v) is 6.36. The van der Waals surface area contributed by atoms with E-state index in [0.717, 1.165) is 0 Å². The molecular weight excluding hydrogens is 154 g/mol. The summed E-state index contributed by atoms with van der Waals surface area (Å²) in [5.74, 6) is 0.701. The molecule has 2 heterocycles. The van der Waals surface area contributed by atoms with Crippen LogP contribution in [0.2, 0.25) is 0 Å². The lowest BCUT2D eigenvalue weighted by atomic mass is 10.3. The number of aliphatic hydroxyl groups excluding tert-OH is 1. The Morgan fingerprint density at radius 2 is 2.58 bits per heavy atom. The molecule has 0 aliphatic carbocycles. The molecule has 4 nitrogen and oxygen atoms in total. The Labute approximate surface area is 69.7 Å². The monoisotopic (exact) mass is 162 g/mol. The van der Waals surface area contributed by atoms with Crippen LogP contribution in [0.25, 0.3) is 0 Å². The maximum absolute atomic E-state index is 9.39. The van der Waals surface area contributed by atoms with Gasteiger partial charge in [0.1, 0.15) is 18.2 Å². The molecule has 1 atom stereocenters. The summed E-state index contributed by atoms with van der Waals surface area (Å²) < 4.78 is 1.65. The summed E-state index contributed by atoms with van der Waals surface area (Å²) >= 11 is 0. The summed E-state index contributed by atoms with van der Waals surface area (Å²) in [4.78, 5) is 0. The van der Waals surface area contributed by atoms with Crippen molar-refractivity contribution in [1.82, 2.24) is 0 Å². The quantitative estimate of drug-likeness (QED) is 0.518. The zero-order chi connectivity index (χ0) is 8.55. The van der Waals surface area contributed by atoms with Crippen LogP contribution in [-0.4, -0.2) is 11.7 Å². The molecule has 1 aliphatic heterocycles. The number of nitrogens with zero attached hydrogens (tertiary/aromatic N) is 2. The van der Waals surface area contributed by atoms with Crippen LogP contribution >= 0.6 is 0 Å². The van der Waals surface area contributed by atoms with Crippen LogP contribution in [0.3, 0.4) is 0 Å². The van der Waals surface area contributed by atoms with Crippen LogP contribution in [-0.2, 0) is 0 Å². The second-order valence-electron chi connectivity index (χ2n) is 2.65. The second-order valence-corrected chi connectivity index (χ2v) is 2.65. The largest absolute Gasteiger partial charge is 0.352 e. The van der Waals surface area contributed by atoms with Gasteiger partial charge < -0.3 is 5.11 Å². The van der Waals surface area contributed by atoms with Gasteiger partial charge in [-0.2, -0.15) is 5.26 Å². The molecule has 0 saturated heterocycles. The van der Waals surface area contributed by atoms with Crippen molar-refractivity contribution in [2.24, 2.45) is 0 Å². The molecule has 0 aromatic carbocycles. The fourth-order valence-corrected chi connectivity index (χ4v) is 1.34. The van der Waals surface area contributed by atoms with E-state index in [1.165, 1.54) is 0 Å². The number of aromatic nitrogens is 1. The van der Waals surface area contributed by atoms with Gasteiger partial charge >= 0.3 is 0 Å². The molecule has 0 fully saturated rings. The number of β-amino-alcohol motifs (C(OH)–C–C–N with tert-alkyl or cyclic N) is 1. The van der Waals surface area contributed by atoms with Gasteiger partial charge in [0.2, 0.25) is 6.23 Å². The molecule has 60 valence electrons. The lowest BCUT2D eigenvalue weighted by molar-refractivity contribution is -0.734. The molecule has 0 spiro atoms. The first-order chi connectivity index (χ1) is 5.83. The highest BCUT2D eigenvalue weighted by molar-refractivity contribution is 5.48. The summed E-state index contributed by atoms with van der Waals surface area (Å²) in [7, 11) is 0. The van der Waals surface area contributed by atoms with Gasteiger partial charge in [0.15, 0.2) is 0 Å². The fraction of sp³-hybridized carbons (Fsp3) is 0.250. The van der Waals surface area contributed by atoms with Gasteiger partial charge in [-0.05, 0) is 12.1 Å². The van der Waals surface area contributed by atoms with Gasteiger partial charge in [-0.3, -0.25) is 5.32 Å². The molecule has 2 rings (SSSR count). The van der Waals surface area contributed by atoms with E-state index in [1.807, 2.05) is 0 Å². The Morgan fingerprint density at radius 1 is 1.75 bits per heavy atom. The number of anilines is 1. The predicted molar refractivity (Wildman–Crippen MR) is 41.1 cm³/mol. The number of fused-ring (bicyclic) bond motifs is 1. The molecule has 0 radical (unpaired) electrons. The number of pyridine rings is 1. The Morgan fingerprint density at radius 3 is 3.33 bits per heavy atom. The standard InChI is InChI=1S/C8H7N3O/c9-4-6-2-1-3-11-7(12)5-10-8(6)11/h1-3,7,12H,5H2/p+1. The highest BCUT2D eigenvalue weighted by atomic mass is 16.3. The third-order valence-electron chi connectivity index (χ3n) is 1.92. The summed E-state index contributed by atoms with van der Waals surface area (Å²) in [5.41, 5.74) is 0.564. The molecule has 12 heavy (non-hydrogen) atoms. The van der Waals surface area contributed by atoms with Crippen molar-refractivity contribution in [2.75, 3.05) is 11.9 Å². The number of hydrogen-bond acceptors (Lipinski definition) is 3. The molecule has 0 saturated carbocycles. The van der Waals surface area contributed by atoms with E-state index < -0.39 is 6.23 Å². The molecule has 1 aromatic rings. The molecule has 0 amide bonds. The maximum Gasteiger partial charge on any atom is 0.295 e. The minimum atomic E-state index is -0.548. The first-order valence-electron chi connectivity index (χ1n) is 3.69. The number of nitriles is 1. The average molecular weight is 162 g/mol. The van der Waals surface area contributed by atoms with Gasteiger partial charge in [-0.25, -0.2) is 4.57 Å². The average Bonchev–Trinajstić information content (AvgIpc) is 2.48. The summed E-state index contributed by atoms with van der Waals surface area (Å²) in [5, 5.41) is 21.1. The summed E-state index contributed by atoms with van der Waals surface area (Å²) in [6.07, 6.45) is 1.20. The normalized spacial score (nSPS) is 19.5. The van der Waals surface area contributed by atoms with Gasteiger partial charge in [-0.1, -0.05) is 0 Å². The summed E-state index contributed by atoms with van der Waals surface area (Å²) in [6, 6.07) is 5.52. The lowest BCUT2D eigenvalue weighted by Crippen LogP contribution is -2.36. The Balaban J connectivity index is 2.60. The minimum Gasteiger partial charge on any atom is -0.352 e. The maximum atomic E-state index is 9.39. The van der Waals surface area contributed by atoms with Crippen LogP contribution in [0.5, 0.6) is 0 Å². The van der Waals surface area contributed by atoms with Crippen LogP contribution < -0.4 is 9.88 Å². The van der Waals surface area contributed by atoms with E-state index in [-0.39, 0.29) is 0 Å². The highest BCUT2D eigenvalue weighted by Gasteiger charge is 2.28. The predicted octanol–water partition coefficient (Wildman–Crippen LogP) is -0.238. The fourth-order valence-electron chi connectivity index (χ4n) is 1.34. The second kappa shape index (κ2) is 2.47. The van der Waals surface area contributed by atoms with Gasteiger partial charge in [0.25, 0.3) is 5.82 Å². The van der Waals surface area contributed by atoms with Crippen molar-refractivity contribution in [3.8, 4) is 6.07 Å². The van der Waals surface area contributed by atoms with Crippen molar-refractivity contribution in [3.63, 3.8) is 0 Å². The van der Waals surface area contributed by atoms with E-state index in [2.05, 4.69) is 11.4 Å². The SMILES string of the molecule is N#Cc1ccc[n+]2c1NCC2O. The van der Waals surface area contributed by atoms with Crippen molar-refractivity contribution in [2.45, 2.75) is 6.23 Å². The molecule has 1 aliphatic rings. The van der Waals surface area contributed by atoms with Crippen molar-refractivity contribution in [1.29, 1.82) is 5.26 Å². The molecule has 1 unspecified atom stereocenters. The lowest BCUT2D eigenvalue weighted by Gasteiger charge is -1.97. The van der Waals surface area contributed by atoms with Crippen LogP contribution in [0, 0.1) is 11.3 Å². The molecular formula is C8H8N3O+. The highest BCUT2D eigenvalue weighted by Crippen LogP contribution is 2.15. The number of rotatable bonds is 0. The smallest absolute Gasteiger partial charge is 0.295 e. The third-order valence-corrected chi connectivity index (χ3v) is 1.92. The van der Waals surface area contributed by atoms with E-state index in [0.29, 0.717) is 17.9 Å². The van der Waals surface area contributed by atoms with Crippen molar-refractivity contribution < 1.29 is 9.67 Å². The molecule has 0 bridgehead atoms. The first kappa shape index (κ1) is 7.07. The van der Waals surface area contributed by atoms with Crippen LogP contribution in [0.15, 0.2) is 18.3 Å². The van der Waals surface area contributed by atoms with Gasteiger partial charge in [0.05, 0.1) is 6.20 Å². The molecule has 2 N–H and O–H groups in total. The summed E-state index contributed by atoms with van der Waals surface area (Å²) in [6.45, 7) is 0.471. The van der Waals surface area contributed by atoms with E-state index in [4.69, 9.17) is 5.26 Å². The molecule has 4 heteroatoms. The number of nitrogens with one attached hydrogen (secondary N) is 1. The van der Waals surface area contributed by atoms with E-state index >= 15 is 0 Å². The third kappa shape index (κ3) is 0.840. The van der Waals surface area contributed by atoms with Crippen molar-refractivity contribution >= 4 is 5.82 Å². The van der Waals surface area contributed by atoms with E-state index in [1.54, 1.807) is 22.9 Å². The van der Waals surface area contributed by atoms with Gasteiger partial charge in [-0.15, -0.1) is 0 Å². The minimum absolute atomic E-state index is 0.471. The van der Waals surface area contributed by atoms with Crippen LogP contribution in [0.1, 0.15) is 11.8 Å². The van der Waals surface area contributed by atoms with Gasteiger partial charge in [0, 0.05) is 0 Å². The zero-order valence-electron chi connectivity index (χ0n) is 6.36. The Kier molecular flexibility index (Phi) is 1.45. The van der Waals surface area contributed by atoms with Crippen molar-refractivity contribution in [3.05, 3.63) is 23.9 Å². The topological polar surface area (TPSA) is 59.9 Å². The van der Waals surface area contributed by atoms with E-state index in [9.17, 15) is 5.11 Å². The molecule has 1 aromatic heterocycles. The Bertz CT molecular complexity index is 356. The van der Waals surface area contributed by atoms with Crippen LogP contribution in [0.4, 0.5) is 5.82 Å². The number of aliphatic hydroxyl groups is 1. The number of hydrogen-bond donors (Lipinski definition) is 2. The first-order valence-corrected chi connectivity index (χ1v) is 3.69.